The van der Waals surface area contributed by atoms with E-state index in [1.165, 1.54) is 51.9 Å². The zero-order valence-electron chi connectivity index (χ0n) is 32.3. The molecule has 1 saturated heterocycles. The van der Waals surface area contributed by atoms with Gasteiger partial charge in [-0.3, -0.25) is 24.1 Å². The fourth-order valence-electron chi connectivity index (χ4n) is 6.07. The number of esters is 3. The molecule has 0 saturated carbocycles. The van der Waals surface area contributed by atoms with Gasteiger partial charge in [-0.2, -0.15) is 4.98 Å². The number of benzene rings is 3. The number of rotatable bonds is 14. The van der Waals surface area contributed by atoms with Crippen LogP contribution in [0.25, 0.3) is 0 Å². The number of ether oxygens (including phenoxy) is 3. The molecule has 2 atom stereocenters. The molecular weight excluding hydrogens is 851 g/mol. The summed E-state index contributed by atoms with van der Waals surface area (Å²) in [6, 6.07) is 20.4. The molecule has 312 valence electrons. The zero-order chi connectivity index (χ0) is 43.2. The van der Waals surface area contributed by atoms with Crippen LogP contribution >= 0.6 is 34.9 Å². The maximum absolute atomic E-state index is 14.4. The van der Waals surface area contributed by atoms with Crippen molar-refractivity contribution in [2.45, 2.75) is 42.6 Å². The van der Waals surface area contributed by atoms with Crippen LogP contribution in [0.4, 0.5) is 6.01 Å². The first-order valence-electron chi connectivity index (χ1n) is 18.1. The number of hydrogen-bond donors (Lipinski definition) is 2. The number of oxime groups is 1. The van der Waals surface area contributed by atoms with Crippen LogP contribution in [0, 0.1) is 6.92 Å². The molecule has 3 N–H and O–H groups in total. The Morgan fingerprint density at radius 1 is 0.951 bits per heavy atom. The van der Waals surface area contributed by atoms with E-state index in [0.29, 0.717) is 21.4 Å². The number of thioether (sulfide) groups is 2. The summed E-state index contributed by atoms with van der Waals surface area (Å²) >= 11 is 4.08. The molecule has 1 fully saturated rings. The number of fused-ring (bicyclic) bond motifs is 1. The Kier molecular flexibility index (Phi) is 12.9. The maximum atomic E-state index is 14.4. The zero-order valence-corrected chi connectivity index (χ0v) is 34.7. The van der Waals surface area contributed by atoms with Crippen molar-refractivity contribution in [1.29, 1.82) is 0 Å². The van der Waals surface area contributed by atoms with Crippen LogP contribution in [0.3, 0.4) is 0 Å². The molecule has 5 aromatic rings. The van der Waals surface area contributed by atoms with Gasteiger partial charge in [-0.15, -0.1) is 22.0 Å². The molecule has 0 radical (unpaired) electrons. The minimum Gasteiger partial charge on any atom is -0.448 e. The topological polar surface area (TPSA) is 245 Å². The third kappa shape index (κ3) is 9.80. The summed E-state index contributed by atoms with van der Waals surface area (Å²) in [5.74, 6) is -4.76. The van der Waals surface area contributed by atoms with E-state index in [2.05, 4.69) is 25.7 Å². The molecule has 2 amide bonds. The number of nitrogens with one attached hydrogen (secondary N) is 1. The summed E-state index contributed by atoms with van der Waals surface area (Å²) in [7, 11) is 0. The number of nitrogens with two attached hydrogens (primary N) is 1. The van der Waals surface area contributed by atoms with E-state index in [4.69, 9.17) is 29.2 Å². The normalized spacial score (nSPS) is 16.0. The van der Waals surface area contributed by atoms with E-state index in [1.807, 2.05) is 67.6 Å². The van der Waals surface area contributed by atoms with E-state index < -0.39 is 58.9 Å². The van der Waals surface area contributed by atoms with Gasteiger partial charge < -0.3 is 34.5 Å². The van der Waals surface area contributed by atoms with Crippen molar-refractivity contribution in [3.63, 3.8) is 0 Å². The smallest absolute Gasteiger partial charge is 0.365 e. The SMILES string of the molecule is CC(=O)Oc1ccc(C(=O)O/N=C(\C(=O)N[C@@H]2C(=O)N3C(C(=O)OC(c4ccccc4)c4ccccc4)=C(CSc4nnc(C)s4)CS[C@@H]23)c2coc(N)n2)cc1OC(C)=O. The first-order valence-corrected chi connectivity index (χ1v) is 20.9. The Morgan fingerprint density at radius 2 is 1.62 bits per heavy atom. The Labute approximate surface area is 358 Å². The molecule has 2 aliphatic heterocycles. The molecule has 0 spiro atoms. The maximum Gasteiger partial charge on any atom is 0.365 e. The van der Waals surface area contributed by atoms with Crippen molar-refractivity contribution in [1.82, 2.24) is 25.4 Å². The van der Waals surface area contributed by atoms with Crippen LogP contribution in [0.5, 0.6) is 11.5 Å². The van der Waals surface area contributed by atoms with Gasteiger partial charge in [0.2, 0.25) is 0 Å². The first-order chi connectivity index (χ1) is 29.4. The molecule has 0 bridgehead atoms. The second-order valence-electron chi connectivity index (χ2n) is 13.0. The van der Waals surface area contributed by atoms with Gasteiger partial charge >= 0.3 is 23.9 Å². The third-order valence-corrected chi connectivity index (χ3v) is 12.1. The summed E-state index contributed by atoms with van der Waals surface area (Å²) in [4.78, 5) is 89.1. The Morgan fingerprint density at radius 3 is 2.23 bits per heavy atom. The summed E-state index contributed by atoms with van der Waals surface area (Å²) < 4.78 is 22.1. The second-order valence-corrected chi connectivity index (χ2v) is 16.5. The number of anilines is 1. The highest BCUT2D eigenvalue weighted by Gasteiger charge is 2.55. The molecule has 2 aliphatic rings. The number of amides is 2. The lowest BCUT2D eigenvalue weighted by molar-refractivity contribution is -0.154. The van der Waals surface area contributed by atoms with E-state index >= 15 is 0 Å². The van der Waals surface area contributed by atoms with Crippen LogP contribution < -0.4 is 20.5 Å². The molecule has 18 nitrogen and oxygen atoms in total. The number of nitrogens with zero attached hydrogens (tertiary/aromatic N) is 5. The number of aryl methyl sites for hydroxylation is 1. The fourth-order valence-corrected chi connectivity index (χ4v) is 9.38. The minimum absolute atomic E-state index is 0.0461. The van der Waals surface area contributed by atoms with Gasteiger partial charge in [0.1, 0.15) is 34.1 Å². The van der Waals surface area contributed by atoms with Crippen LogP contribution in [0.2, 0.25) is 0 Å². The van der Waals surface area contributed by atoms with E-state index in [-0.39, 0.29) is 34.5 Å². The van der Waals surface area contributed by atoms with Crippen molar-refractivity contribution in [3.8, 4) is 11.5 Å². The van der Waals surface area contributed by atoms with E-state index in [9.17, 15) is 28.8 Å². The number of β-lactam (4-membered cyclic amide) rings is 1. The molecule has 0 unspecified atom stereocenters. The summed E-state index contributed by atoms with van der Waals surface area (Å²) in [6.45, 7) is 4.08. The quantitative estimate of drug-likeness (QED) is 0.0294. The molecule has 4 heterocycles. The van der Waals surface area contributed by atoms with Gasteiger partial charge in [0.15, 0.2) is 27.7 Å². The molecule has 0 aliphatic carbocycles. The number of carbonyl (C=O) groups excluding carboxylic acids is 6. The molecule has 2 aromatic heterocycles. The lowest BCUT2D eigenvalue weighted by atomic mass is 10.0. The highest BCUT2D eigenvalue weighted by atomic mass is 32.2. The summed E-state index contributed by atoms with van der Waals surface area (Å²) in [5.41, 5.74) is 6.73. The van der Waals surface area contributed by atoms with Gasteiger partial charge in [0.25, 0.3) is 17.8 Å². The first kappa shape index (κ1) is 42.3. The fraction of sp³-hybridized carbons (Fsp3) is 0.200. The number of oxazole rings is 1. The van der Waals surface area contributed by atoms with Gasteiger partial charge in [-0.05, 0) is 41.8 Å². The van der Waals surface area contributed by atoms with Gasteiger partial charge in [-0.25, -0.2) is 9.59 Å². The minimum atomic E-state index is -1.18. The Bertz CT molecular complexity index is 2540. The van der Waals surface area contributed by atoms with Gasteiger partial charge in [0.05, 0.1) is 5.56 Å². The van der Waals surface area contributed by atoms with E-state index in [0.717, 1.165) is 42.3 Å². The van der Waals surface area contributed by atoms with Crippen molar-refractivity contribution in [3.05, 3.63) is 124 Å². The van der Waals surface area contributed by atoms with Crippen molar-refractivity contribution in [2.24, 2.45) is 5.16 Å². The highest BCUT2D eigenvalue weighted by molar-refractivity contribution is 8.01. The summed E-state index contributed by atoms with van der Waals surface area (Å²) in [6.07, 6.45) is 0.188. The standard InChI is InChI=1S/C40H33N7O11S3/c1-20-44-45-40(61-20)60-19-26-18-59-36-31(35(51)47(36)32(26)38(53)57-33(23-10-6-4-7-11-23)24-12-8-5-9-13-24)43-34(50)30(27-17-54-39(41)42-27)46-58-37(52)25-14-15-28(55-21(2)48)29(16-25)56-22(3)49/h4-17,31,33,36H,18-19H2,1-3H3,(H2,41,42)(H,43,50)/b46-30-/t31-,36+/m1/s1. The molecule has 7 rings (SSSR count). The van der Waals surface area contributed by atoms with E-state index in [1.54, 1.807) is 0 Å². The highest BCUT2D eigenvalue weighted by Crippen LogP contribution is 2.43. The largest absolute Gasteiger partial charge is 0.448 e. The van der Waals surface area contributed by atoms with Crippen molar-refractivity contribution in [2.75, 3.05) is 17.2 Å². The van der Waals surface area contributed by atoms with Crippen LogP contribution in [-0.4, -0.2) is 84.4 Å². The third-order valence-electron chi connectivity index (χ3n) is 8.72. The number of aromatic nitrogens is 3. The lowest BCUT2D eigenvalue weighted by Gasteiger charge is -2.49. The predicted molar refractivity (Wildman–Crippen MR) is 220 cm³/mol. The van der Waals surface area contributed by atoms with Crippen molar-refractivity contribution >= 4 is 82.3 Å². The Balaban J connectivity index is 1.14. The van der Waals surface area contributed by atoms with Crippen LogP contribution in [0.15, 0.2) is 110 Å². The average Bonchev–Trinajstić information content (AvgIpc) is 3.88. The Hall–Kier alpha value is -6.84. The molecule has 21 heteroatoms. The second kappa shape index (κ2) is 18.6. The number of hydrogen-bond acceptors (Lipinski definition) is 19. The number of nitrogen functional groups attached to an aromatic ring is 1. The van der Waals surface area contributed by atoms with Gasteiger partial charge in [-0.1, -0.05) is 88.9 Å². The number of carbonyl (C=O) groups is 6. The average molecular weight is 884 g/mol. The van der Waals surface area contributed by atoms with Gasteiger partial charge in [0, 0.05) is 25.4 Å². The summed E-state index contributed by atoms with van der Waals surface area (Å²) in [5, 5.41) is 14.6. The molecule has 3 aromatic carbocycles. The molecule has 61 heavy (non-hydrogen) atoms. The lowest BCUT2D eigenvalue weighted by Crippen LogP contribution is -2.71. The monoisotopic (exact) mass is 883 g/mol. The van der Waals surface area contributed by atoms with Crippen molar-refractivity contribution < 1.29 is 52.2 Å². The van der Waals surface area contributed by atoms with Crippen LogP contribution in [0.1, 0.15) is 52.1 Å². The molecular formula is C40H33N7O11S3. The predicted octanol–water partition coefficient (Wildman–Crippen LogP) is 4.61. The van der Waals surface area contributed by atoms with Crippen LogP contribution in [-0.2, 0) is 33.5 Å².